The van der Waals surface area contributed by atoms with E-state index in [2.05, 4.69) is 22.3 Å². The number of carbonyl (C=O) groups is 1. The number of nitrogens with zero attached hydrogens (tertiary/aromatic N) is 3. The van der Waals surface area contributed by atoms with E-state index in [1.807, 2.05) is 44.1 Å². The van der Waals surface area contributed by atoms with Gasteiger partial charge in [-0.3, -0.25) is 4.79 Å². The zero-order valence-electron chi connectivity index (χ0n) is 18.8. The van der Waals surface area contributed by atoms with Crippen molar-refractivity contribution in [3.8, 4) is 35.3 Å². The van der Waals surface area contributed by atoms with Crippen LogP contribution < -0.4 is 15.8 Å². The highest BCUT2D eigenvalue weighted by molar-refractivity contribution is 6.06. The molecule has 0 fully saturated rings. The van der Waals surface area contributed by atoms with Crippen LogP contribution in [0.3, 0.4) is 0 Å². The summed E-state index contributed by atoms with van der Waals surface area (Å²) in [5, 5.41) is 13.3. The predicted molar refractivity (Wildman–Crippen MR) is 132 cm³/mol. The van der Waals surface area contributed by atoms with Crippen LogP contribution >= 0.6 is 0 Å². The maximum absolute atomic E-state index is 12.5. The number of anilines is 2. The largest absolute Gasteiger partial charge is 0.492 e. The molecule has 0 aliphatic heterocycles. The van der Waals surface area contributed by atoms with Gasteiger partial charge in [-0.1, -0.05) is 24.1 Å². The van der Waals surface area contributed by atoms with Crippen LogP contribution in [0.2, 0.25) is 0 Å². The Morgan fingerprint density at radius 2 is 2.12 bits per heavy atom. The van der Waals surface area contributed by atoms with E-state index in [0.717, 1.165) is 5.56 Å². The van der Waals surface area contributed by atoms with Crippen LogP contribution in [0.25, 0.3) is 22.0 Å². The molecule has 3 N–H and O–H groups in total. The van der Waals surface area contributed by atoms with E-state index in [4.69, 9.17) is 16.9 Å². The summed E-state index contributed by atoms with van der Waals surface area (Å²) in [4.78, 5) is 18.9. The molecule has 0 saturated heterocycles. The number of ether oxygens (including phenoxy) is 1. The number of likely N-dealkylation sites (N-methyl/N-ethyl adjacent to an activating group) is 1. The molecule has 0 atom stereocenters. The topological polar surface area (TPSA) is 104 Å². The van der Waals surface area contributed by atoms with Gasteiger partial charge in [-0.15, -0.1) is 6.42 Å². The van der Waals surface area contributed by atoms with Gasteiger partial charge in [0.2, 0.25) is 5.91 Å². The van der Waals surface area contributed by atoms with Gasteiger partial charge in [0, 0.05) is 35.2 Å². The fourth-order valence-corrected chi connectivity index (χ4v) is 3.41. The summed E-state index contributed by atoms with van der Waals surface area (Å²) in [6, 6.07) is 12.9. The Bertz CT molecular complexity index is 1310. The predicted octanol–water partition coefficient (Wildman–Crippen LogP) is 3.79. The summed E-state index contributed by atoms with van der Waals surface area (Å²) < 4.78 is 5.75. The molecular weight excluding hydrogens is 414 g/mol. The Labute approximate surface area is 193 Å². The van der Waals surface area contributed by atoms with Crippen molar-refractivity contribution in [1.82, 2.24) is 9.88 Å². The van der Waals surface area contributed by atoms with E-state index in [1.165, 1.54) is 6.08 Å². The van der Waals surface area contributed by atoms with Gasteiger partial charge in [0.1, 0.15) is 23.2 Å². The number of nitrogens with one attached hydrogen (secondary N) is 1. The molecule has 7 nitrogen and oxygen atoms in total. The molecule has 7 heteroatoms. The third-order valence-electron chi connectivity index (χ3n) is 4.84. The molecule has 2 aromatic carbocycles. The van der Waals surface area contributed by atoms with Crippen molar-refractivity contribution in [2.45, 2.75) is 6.92 Å². The number of nitriles is 1. The van der Waals surface area contributed by atoms with Crippen molar-refractivity contribution >= 4 is 28.3 Å². The molecule has 0 radical (unpaired) electrons. The number of pyridine rings is 1. The van der Waals surface area contributed by atoms with E-state index < -0.39 is 0 Å². The molecule has 33 heavy (non-hydrogen) atoms. The minimum atomic E-state index is -0.294. The molecule has 1 aromatic heterocycles. The Kier molecular flexibility index (Phi) is 7.30. The molecule has 166 valence electrons. The van der Waals surface area contributed by atoms with Crippen molar-refractivity contribution in [2.24, 2.45) is 0 Å². The number of hydrogen-bond donors (Lipinski definition) is 2. The van der Waals surface area contributed by atoms with E-state index in [9.17, 15) is 10.1 Å². The molecule has 0 saturated carbocycles. The average molecular weight is 440 g/mol. The highest BCUT2D eigenvalue weighted by Gasteiger charge is 2.19. The molecular formula is C26H25N5O2. The van der Waals surface area contributed by atoms with Gasteiger partial charge in [-0.25, -0.2) is 4.98 Å². The Hall–Kier alpha value is -4.33. The monoisotopic (exact) mass is 439 g/mol. The maximum atomic E-state index is 12.5. The number of benzene rings is 2. The van der Waals surface area contributed by atoms with Gasteiger partial charge in [-0.2, -0.15) is 5.26 Å². The zero-order valence-corrected chi connectivity index (χ0v) is 18.8. The number of amides is 1. The van der Waals surface area contributed by atoms with Gasteiger partial charge < -0.3 is 20.7 Å². The van der Waals surface area contributed by atoms with Crippen LogP contribution in [0.15, 0.2) is 48.6 Å². The van der Waals surface area contributed by atoms with Gasteiger partial charge in [0.25, 0.3) is 0 Å². The van der Waals surface area contributed by atoms with Crippen LogP contribution in [0.1, 0.15) is 18.1 Å². The van der Waals surface area contributed by atoms with Crippen molar-refractivity contribution in [3.63, 3.8) is 0 Å². The smallest absolute Gasteiger partial charge is 0.248 e. The van der Waals surface area contributed by atoms with Crippen LogP contribution in [0.5, 0.6) is 5.75 Å². The number of terminal acetylenes is 1. The highest BCUT2D eigenvalue weighted by Crippen LogP contribution is 2.39. The number of nitrogens with two attached hydrogens (primary N) is 1. The molecule has 3 rings (SSSR count). The quantitative estimate of drug-likeness (QED) is 0.429. The molecule has 0 bridgehead atoms. The second-order valence-electron chi connectivity index (χ2n) is 7.54. The van der Waals surface area contributed by atoms with E-state index >= 15 is 0 Å². The van der Waals surface area contributed by atoms with Gasteiger partial charge in [-0.05, 0) is 44.8 Å². The standard InChI is InChI=1S/C26H25N5O2/c1-5-17-9-7-10-18(13-17)25-19-14-22(29-24(32)11-8-12-31(3)4)23(33-6-2)15-21(19)30-26(28)20(25)16-27/h1,7-11,13-15H,6,12H2,2-4H3,(H2,28,30)(H,29,32)/b11-8+. The van der Waals surface area contributed by atoms with E-state index in [-0.39, 0.29) is 17.3 Å². The Balaban J connectivity index is 2.22. The van der Waals surface area contributed by atoms with Crippen LogP contribution in [0, 0.1) is 23.7 Å². The lowest BCUT2D eigenvalue weighted by atomic mass is 9.94. The van der Waals surface area contributed by atoms with Gasteiger partial charge in [0.05, 0.1) is 17.8 Å². The highest BCUT2D eigenvalue weighted by atomic mass is 16.5. The third-order valence-corrected chi connectivity index (χ3v) is 4.84. The lowest BCUT2D eigenvalue weighted by molar-refractivity contribution is -0.111. The molecule has 1 amide bonds. The summed E-state index contributed by atoms with van der Waals surface area (Å²) in [6.45, 7) is 2.88. The number of nitrogen functional groups attached to an aromatic ring is 1. The van der Waals surface area contributed by atoms with E-state index in [1.54, 1.807) is 24.3 Å². The normalized spacial score (nSPS) is 10.8. The average Bonchev–Trinajstić information content (AvgIpc) is 2.78. The first-order valence-electron chi connectivity index (χ1n) is 10.4. The number of rotatable bonds is 7. The first kappa shape index (κ1) is 23.3. The van der Waals surface area contributed by atoms with Crippen molar-refractivity contribution < 1.29 is 9.53 Å². The molecule has 0 aliphatic carbocycles. The number of aromatic nitrogens is 1. The number of fused-ring (bicyclic) bond motifs is 1. The van der Waals surface area contributed by atoms with Crippen LogP contribution in [0.4, 0.5) is 11.5 Å². The number of carbonyl (C=O) groups excluding carboxylic acids is 1. The molecule has 0 spiro atoms. The van der Waals surface area contributed by atoms with E-state index in [0.29, 0.717) is 46.6 Å². The van der Waals surface area contributed by atoms with Crippen LogP contribution in [-0.4, -0.2) is 43.0 Å². The SMILES string of the molecule is C#Cc1cccc(-c2c(C#N)c(N)nc3cc(OCC)c(NC(=O)/C=C/CN(C)C)cc23)c1. The minimum Gasteiger partial charge on any atom is -0.492 e. The molecule has 0 aliphatic rings. The second-order valence-corrected chi connectivity index (χ2v) is 7.54. The lowest BCUT2D eigenvalue weighted by Gasteiger charge is -2.16. The van der Waals surface area contributed by atoms with Gasteiger partial charge >= 0.3 is 0 Å². The lowest BCUT2D eigenvalue weighted by Crippen LogP contribution is -2.13. The minimum absolute atomic E-state index is 0.108. The molecule has 0 unspecified atom stereocenters. The molecule has 3 aromatic rings. The first-order valence-corrected chi connectivity index (χ1v) is 10.4. The summed E-state index contributed by atoms with van der Waals surface area (Å²) in [7, 11) is 3.84. The summed E-state index contributed by atoms with van der Waals surface area (Å²) in [5.74, 6) is 2.88. The Morgan fingerprint density at radius 3 is 2.79 bits per heavy atom. The first-order chi connectivity index (χ1) is 15.9. The maximum Gasteiger partial charge on any atom is 0.248 e. The second kappa shape index (κ2) is 10.3. The van der Waals surface area contributed by atoms with Gasteiger partial charge in [0.15, 0.2) is 0 Å². The fourth-order valence-electron chi connectivity index (χ4n) is 3.41. The Morgan fingerprint density at radius 1 is 1.33 bits per heavy atom. The number of hydrogen-bond acceptors (Lipinski definition) is 6. The van der Waals surface area contributed by atoms with Crippen molar-refractivity contribution in [2.75, 3.05) is 38.3 Å². The zero-order chi connectivity index (χ0) is 24.0. The molecule has 1 heterocycles. The third kappa shape index (κ3) is 5.30. The summed E-state index contributed by atoms with van der Waals surface area (Å²) >= 11 is 0. The van der Waals surface area contributed by atoms with Crippen molar-refractivity contribution in [3.05, 3.63) is 59.7 Å². The van der Waals surface area contributed by atoms with Crippen molar-refractivity contribution in [1.29, 1.82) is 5.26 Å². The van der Waals surface area contributed by atoms with Crippen LogP contribution in [-0.2, 0) is 4.79 Å². The summed E-state index contributed by atoms with van der Waals surface area (Å²) in [6.07, 6.45) is 8.81. The fraction of sp³-hybridized carbons (Fsp3) is 0.192. The summed E-state index contributed by atoms with van der Waals surface area (Å²) in [5.41, 5.74) is 9.37.